The number of aromatic nitrogens is 3. The molecule has 3 aliphatic rings. The van der Waals surface area contributed by atoms with E-state index in [-0.39, 0.29) is 23.4 Å². The van der Waals surface area contributed by atoms with Crippen molar-refractivity contribution in [3.05, 3.63) is 71.9 Å². The Kier molecular flexibility index (Phi) is 3.91. The van der Waals surface area contributed by atoms with Gasteiger partial charge in [0.15, 0.2) is 5.82 Å². The molecule has 4 atom stereocenters. The van der Waals surface area contributed by atoms with Gasteiger partial charge >= 0.3 is 0 Å². The fraction of sp³-hybridized carbons (Fsp3) is 0.333. The summed E-state index contributed by atoms with van der Waals surface area (Å²) in [7, 11) is 0. The number of hydrogen-bond acceptors (Lipinski definition) is 5. The van der Waals surface area contributed by atoms with Gasteiger partial charge in [0.1, 0.15) is 11.6 Å². The van der Waals surface area contributed by atoms with Gasteiger partial charge in [0, 0.05) is 36.7 Å². The Labute approximate surface area is 179 Å². The van der Waals surface area contributed by atoms with E-state index in [1.165, 1.54) is 18.6 Å². The molecule has 0 bridgehead atoms. The second-order valence-electron chi connectivity index (χ2n) is 8.97. The van der Waals surface area contributed by atoms with Crippen LogP contribution >= 0.6 is 0 Å². The van der Waals surface area contributed by atoms with E-state index in [0.29, 0.717) is 29.4 Å². The summed E-state index contributed by atoms with van der Waals surface area (Å²) in [6, 6.07) is 10.2. The molecule has 6 nitrogen and oxygen atoms in total. The average Bonchev–Trinajstić information content (AvgIpc) is 3.43. The first-order valence-electron chi connectivity index (χ1n) is 10.6. The number of nitrogens with one attached hydrogen (secondary N) is 1. The number of pyridine rings is 1. The highest BCUT2D eigenvalue weighted by molar-refractivity contribution is 6.01. The highest BCUT2D eigenvalue weighted by Gasteiger charge is 2.75. The summed E-state index contributed by atoms with van der Waals surface area (Å²) < 4.78 is 14.1. The van der Waals surface area contributed by atoms with Crippen molar-refractivity contribution in [1.82, 2.24) is 19.9 Å². The molecule has 1 spiro atoms. The number of aryl methyl sites for hydroxylation is 1. The Morgan fingerprint density at radius 1 is 1.16 bits per heavy atom. The molecular weight excluding hydrogens is 393 g/mol. The molecule has 1 amide bonds. The van der Waals surface area contributed by atoms with E-state index in [1.807, 2.05) is 30.2 Å². The predicted octanol–water partition coefficient (Wildman–Crippen LogP) is 3.70. The quantitative estimate of drug-likeness (QED) is 0.704. The van der Waals surface area contributed by atoms with Crippen LogP contribution in [0.5, 0.6) is 0 Å². The minimum atomic E-state index is -0.436. The fourth-order valence-electron chi connectivity index (χ4n) is 5.58. The van der Waals surface area contributed by atoms with Gasteiger partial charge in [-0.05, 0) is 67.0 Å². The molecular formula is C24H22FN5O. The smallest absolute Gasteiger partial charge is 0.255 e. The van der Waals surface area contributed by atoms with Crippen molar-refractivity contribution in [2.45, 2.75) is 31.8 Å². The molecule has 31 heavy (non-hydrogen) atoms. The molecule has 2 aromatic heterocycles. The third kappa shape index (κ3) is 2.83. The Bertz CT molecular complexity index is 1170. The van der Waals surface area contributed by atoms with E-state index in [0.717, 1.165) is 17.8 Å². The van der Waals surface area contributed by atoms with Gasteiger partial charge in [-0.15, -0.1) is 0 Å². The zero-order valence-electron chi connectivity index (χ0n) is 17.1. The molecule has 3 aromatic rings. The van der Waals surface area contributed by atoms with Crippen molar-refractivity contribution in [2.75, 3.05) is 11.9 Å². The number of halogens is 1. The van der Waals surface area contributed by atoms with Crippen LogP contribution in [0.3, 0.4) is 0 Å². The molecule has 1 aromatic carbocycles. The molecule has 1 aliphatic heterocycles. The number of carbonyl (C=O) groups is 1. The lowest BCUT2D eigenvalue weighted by Gasteiger charge is -2.48. The minimum absolute atomic E-state index is 0.0981. The van der Waals surface area contributed by atoms with Crippen molar-refractivity contribution in [3.63, 3.8) is 0 Å². The first kappa shape index (κ1) is 18.4. The minimum Gasteiger partial charge on any atom is -0.365 e. The highest BCUT2D eigenvalue weighted by Crippen LogP contribution is 2.71. The third-order valence-electron chi connectivity index (χ3n) is 7.13. The second-order valence-corrected chi connectivity index (χ2v) is 8.97. The van der Waals surface area contributed by atoms with Gasteiger partial charge in [-0.2, -0.15) is 0 Å². The molecule has 1 saturated heterocycles. The number of amides is 1. The number of nitrogens with zero attached hydrogens (tertiary/aromatic N) is 4. The average molecular weight is 415 g/mol. The van der Waals surface area contributed by atoms with Crippen LogP contribution in [0, 0.1) is 24.1 Å². The lowest BCUT2D eigenvalue weighted by atomic mass is 9.71. The van der Waals surface area contributed by atoms with Gasteiger partial charge < -0.3 is 10.2 Å². The Balaban J connectivity index is 1.31. The highest BCUT2D eigenvalue weighted by atomic mass is 19.1. The summed E-state index contributed by atoms with van der Waals surface area (Å²) in [6.45, 7) is 2.73. The number of piperidine rings is 1. The fourth-order valence-corrected chi connectivity index (χ4v) is 5.58. The molecule has 2 aliphatic carbocycles. The zero-order chi connectivity index (χ0) is 21.2. The molecule has 2 saturated carbocycles. The maximum Gasteiger partial charge on any atom is 0.255 e. The SMILES string of the molecule is Cc1ccc(NC2CC34CC3CN(C(=O)c3cc(F)ccc3-c3ncccn3)C24)nc1. The molecule has 156 valence electrons. The van der Waals surface area contributed by atoms with Crippen LogP contribution < -0.4 is 5.32 Å². The zero-order valence-corrected chi connectivity index (χ0v) is 17.1. The van der Waals surface area contributed by atoms with Crippen LogP contribution in [0.15, 0.2) is 55.0 Å². The lowest BCUT2D eigenvalue weighted by molar-refractivity contribution is 0.0472. The summed E-state index contributed by atoms with van der Waals surface area (Å²) >= 11 is 0. The summed E-state index contributed by atoms with van der Waals surface area (Å²) in [5.74, 6) is 1.20. The normalized spacial score (nSPS) is 27.8. The van der Waals surface area contributed by atoms with Crippen LogP contribution in [-0.2, 0) is 0 Å². The van der Waals surface area contributed by atoms with E-state index in [2.05, 4.69) is 20.3 Å². The van der Waals surface area contributed by atoms with Crippen molar-refractivity contribution in [2.24, 2.45) is 11.3 Å². The van der Waals surface area contributed by atoms with Gasteiger partial charge in [-0.25, -0.2) is 19.3 Å². The second kappa shape index (κ2) is 6.57. The topological polar surface area (TPSA) is 71.0 Å². The van der Waals surface area contributed by atoms with Gasteiger partial charge in [-0.3, -0.25) is 4.79 Å². The van der Waals surface area contributed by atoms with E-state index < -0.39 is 5.82 Å². The van der Waals surface area contributed by atoms with E-state index in [9.17, 15) is 9.18 Å². The van der Waals surface area contributed by atoms with Gasteiger partial charge in [0.25, 0.3) is 5.91 Å². The number of benzene rings is 1. The maximum atomic E-state index is 14.1. The van der Waals surface area contributed by atoms with Crippen molar-refractivity contribution in [1.29, 1.82) is 0 Å². The van der Waals surface area contributed by atoms with Gasteiger partial charge in [0.2, 0.25) is 0 Å². The van der Waals surface area contributed by atoms with E-state index in [4.69, 9.17) is 0 Å². The van der Waals surface area contributed by atoms with E-state index >= 15 is 0 Å². The van der Waals surface area contributed by atoms with Crippen molar-refractivity contribution >= 4 is 11.7 Å². The Morgan fingerprint density at radius 3 is 2.77 bits per heavy atom. The van der Waals surface area contributed by atoms with Crippen molar-refractivity contribution in [3.8, 4) is 11.4 Å². The summed E-state index contributed by atoms with van der Waals surface area (Å²) in [5.41, 5.74) is 2.21. The van der Waals surface area contributed by atoms with E-state index in [1.54, 1.807) is 24.5 Å². The number of carbonyl (C=O) groups excluding carboxylic acids is 1. The first-order chi connectivity index (χ1) is 15.0. The standard InChI is InChI=1S/C24H22FN5O/c1-14-3-6-20(28-12-14)29-19-11-24-10-15(24)13-30(21(19)24)23(31)18-9-16(25)4-5-17(18)22-26-7-2-8-27-22/h2-9,12,15,19,21H,10-11,13H2,1H3,(H,28,29). The Hall–Kier alpha value is -3.35. The predicted molar refractivity (Wildman–Crippen MR) is 114 cm³/mol. The monoisotopic (exact) mass is 415 g/mol. The Morgan fingerprint density at radius 2 is 2.00 bits per heavy atom. The van der Waals surface area contributed by atoms with Crippen molar-refractivity contribution < 1.29 is 9.18 Å². The van der Waals surface area contributed by atoms with Gasteiger partial charge in [0.05, 0.1) is 11.6 Å². The first-order valence-corrected chi connectivity index (χ1v) is 10.6. The molecule has 7 heteroatoms. The molecule has 1 N–H and O–H groups in total. The van der Waals surface area contributed by atoms with Gasteiger partial charge in [-0.1, -0.05) is 6.07 Å². The lowest BCUT2D eigenvalue weighted by Crippen LogP contribution is -2.60. The van der Waals surface area contributed by atoms with Crippen LogP contribution in [0.4, 0.5) is 10.2 Å². The summed E-state index contributed by atoms with van der Waals surface area (Å²) in [4.78, 5) is 28.6. The number of likely N-dealkylation sites (tertiary alicyclic amines) is 1. The van der Waals surface area contributed by atoms with Crippen LogP contribution in [-0.4, -0.2) is 44.4 Å². The van der Waals surface area contributed by atoms with Crippen LogP contribution in [0.1, 0.15) is 28.8 Å². The number of rotatable bonds is 4. The molecule has 3 fully saturated rings. The summed E-state index contributed by atoms with van der Waals surface area (Å²) in [6.07, 6.45) is 7.30. The molecule has 3 heterocycles. The number of anilines is 1. The molecule has 4 unspecified atom stereocenters. The molecule has 0 radical (unpaired) electrons. The molecule has 6 rings (SSSR count). The summed E-state index contributed by atoms with van der Waals surface area (Å²) in [5, 5.41) is 3.52. The van der Waals surface area contributed by atoms with Crippen LogP contribution in [0.25, 0.3) is 11.4 Å². The largest absolute Gasteiger partial charge is 0.365 e. The number of hydrogen-bond donors (Lipinski definition) is 1. The van der Waals surface area contributed by atoms with Crippen LogP contribution in [0.2, 0.25) is 0 Å². The third-order valence-corrected chi connectivity index (χ3v) is 7.13. The maximum absolute atomic E-state index is 14.1.